The number of esters is 1. The Hall–Kier alpha value is -0.570. The fourth-order valence-corrected chi connectivity index (χ4v) is 2.60. The predicted molar refractivity (Wildman–Crippen MR) is 63.2 cm³/mol. The Bertz CT molecular complexity index is 266. The topological polar surface area (TPSA) is 38.3 Å². The van der Waals surface area contributed by atoms with Gasteiger partial charge in [-0.2, -0.15) is 0 Å². The van der Waals surface area contributed by atoms with E-state index in [9.17, 15) is 4.79 Å². The molecular weight excluding hydrogens is 202 g/mol. The molecule has 16 heavy (non-hydrogen) atoms. The number of hydrogen-bond acceptors (Lipinski definition) is 3. The van der Waals surface area contributed by atoms with Gasteiger partial charge in [0.1, 0.15) is 5.60 Å². The average molecular weight is 225 g/mol. The number of nitrogens with one attached hydrogen (secondary N) is 1. The van der Waals surface area contributed by atoms with E-state index in [0.717, 1.165) is 19.4 Å². The van der Waals surface area contributed by atoms with Gasteiger partial charge in [-0.05, 0) is 52.9 Å². The fourth-order valence-electron chi connectivity index (χ4n) is 2.60. The van der Waals surface area contributed by atoms with E-state index < -0.39 is 0 Å². The van der Waals surface area contributed by atoms with Crippen LogP contribution in [0.25, 0.3) is 0 Å². The van der Waals surface area contributed by atoms with Gasteiger partial charge in [0.2, 0.25) is 0 Å². The molecule has 0 aromatic carbocycles. The van der Waals surface area contributed by atoms with Crippen LogP contribution in [0.3, 0.4) is 0 Å². The molecule has 0 aromatic heterocycles. The van der Waals surface area contributed by atoms with Crippen molar-refractivity contribution in [3.63, 3.8) is 0 Å². The quantitative estimate of drug-likeness (QED) is 0.696. The Morgan fingerprint density at radius 3 is 2.38 bits per heavy atom. The van der Waals surface area contributed by atoms with Crippen molar-refractivity contribution in [3.8, 4) is 0 Å². The van der Waals surface area contributed by atoms with Crippen LogP contribution in [0.5, 0.6) is 0 Å². The summed E-state index contributed by atoms with van der Waals surface area (Å²) in [7, 11) is 0. The van der Waals surface area contributed by atoms with Gasteiger partial charge >= 0.3 is 5.97 Å². The number of carbonyl (C=O) groups excluding carboxylic acids is 1. The van der Waals surface area contributed by atoms with Gasteiger partial charge < -0.3 is 10.1 Å². The molecule has 1 aliphatic carbocycles. The summed E-state index contributed by atoms with van der Waals surface area (Å²) in [6, 6.07) is 0. The van der Waals surface area contributed by atoms with Crippen molar-refractivity contribution >= 4 is 5.97 Å². The lowest BCUT2D eigenvalue weighted by molar-refractivity contribution is -0.161. The molecule has 1 saturated carbocycles. The predicted octanol–water partition coefficient (Wildman–Crippen LogP) is 2.25. The first kappa shape index (κ1) is 11.9. The highest BCUT2D eigenvalue weighted by Crippen LogP contribution is 2.39. The highest BCUT2D eigenvalue weighted by atomic mass is 16.6. The minimum atomic E-state index is -0.358. The molecule has 1 saturated heterocycles. The smallest absolute Gasteiger partial charge is 0.310 e. The molecule has 1 spiro atoms. The summed E-state index contributed by atoms with van der Waals surface area (Å²) in [5.41, 5.74) is 0.0290. The molecular formula is C13H23NO2. The monoisotopic (exact) mass is 225 g/mol. The lowest BCUT2D eigenvalue weighted by atomic mass is 9.70. The number of rotatable bonds is 1. The summed E-state index contributed by atoms with van der Waals surface area (Å²) in [5, 5.41) is 3.55. The number of piperidine rings is 1. The number of carbonyl (C=O) groups is 1. The second-order valence-electron chi connectivity index (χ2n) is 6.28. The highest BCUT2D eigenvalue weighted by Gasteiger charge is 2.41. The van der Waals surface area contributed by atoms with E-state index in [1.807, 2.05) is 20.8 Å². The Kier molecular flexibility index (Phi) is 2.99. The second-order valence-corrected chi connectivity index (χ2v) is 6.28. The first-order chi connectivity index (χ1) is 7.40. The molecule has 92 valence electrons. The van der Waals surface area contributed by atoms with Crippen molar-refractivity contribution in [1.29, 1.82) is 0 Å². The van der Waals surface area contributed by atoms with E-state index in [4.69, 9.17) is 4.74 Å². The van der Waals surface area contributed by atoms with Gasteiger partial charge in [-0.15, -0.1) is 0 Å². The van der Waals surface area contributed by atoms with E-state index in [2.05, 4.69) is 5.32 Å². The van der Waals surface area contributed by atoms with E-state index in [-0.39, 0.29) is 17.5 Å². The van der Waals surface area contributed by atoms with Crippen LogP contribution in [-0.4, -0.2) is 23.7 Å². The lowest BCUT2D eigenvalue weighted by Crippen LogP contribution is -2.56. The molecule has 0 aromatic rings. The van der Waals surface area contributed by atoms with Gasteiger partial charge in [0.05, 0.1) is 5.92 Å². The molecule has 1 N–H and O–H groups in total. The zero-order chi connectivity index (χ0) is 11.8. The molecule has 1 aliphatic heterocycles. The van der Waals surface area contributed by atoms with Gasteiger partial charge in [-0.1, -0.05) is 0 Å². The maximum Gasteiger partial charge on any atom is 0.310 e. The first-order valence-corrected chi connectivity index (χ1v) is 6.38. The van der Waals surface area contributed by atoms with Gasteiger partial charge in [0.25, 0.3) is 0 Å². The van der Waals surface area contributed by atoms with Gasteiger partial charge in [0.15, 0.2) is 0 Å². The van der Waals surface area contributed by atoms with Crippen LogP contribution < -0.4 is 5.32 Å². The van der Waals surface area contributed by atoms with Gasteiger partial charge in [-0.3, -0.25) is 4.79 Å². The Balaban J connectivity index is 1.82. The molecule has 1 heterocycles. The van der Waals surface area contributed by atoms with Crippen molar-refractivity contribution < 1.29 is 9.53 Å². The molecule has 2 fully saturated rings. The molecule has 2 aliphatic rings. The van der Waals surface area contributed by atoms with Crippen LogP contribution >= 0.6 is 0 Å². The maximum atomic E-state index is 11.9. The summed E-state index contributed by atoms with van der Waals surface area (Å²) in [5.74, 6) is 0.0274. The third-order valence-electron chi connectivity index (χ3n) is 3.75. The SMILES string of the molecule is CC(C)(C)OC(=O)C1CCC2(CCC2)NC1. The average Bonchev–Trinajstić information content (AvgIpc) is 2.13. The second kappa shape index (κ2) is 4.02. The van der Waals surface area contributed by atoms with Crippen LogP contribution in [0.2, 0.25) is 0 Å². The van der Waals surface area contributed by atoms with Gasteiger partial charge in [0, 0.05) is 12.1 Å². The minimum Gasteiger partial charge on any atom is -0.460 e. The molecule has 0 bridgehead atoms. The summed E-state index contributed by atoms with van der Waals surface area (Å²) < 4.78 is 5.42. The van der Waals surface area contributed by atoms with E-state index in [1.165, 1.54) is 19.3 Å². The van der Waals surface area contributed by atoms with Crippen LogP contribution in [0.4, 0.5) is 0 Å². The first-order valence-electron chi connectivity index (χ1n) is 6.38. The number of hydrogen-bond donors (Lipinski definition) is 1. The highest BCUT2D eigenvalue weighted by molar-refractivity contribution is 5.73. The largest absolute Gasteiger partial charge is 0.460 e. The molecule has 3 nitrogen and oxygen atoms in total. The molecule has 1 atom stereocenters. The molecule has 1 unspecified atom stereocenters. The molecule has 3 heteroatoms. The van der Waals surface area contributed by atoms with Crippen LogP contribution in [0.1, 0.15) is 52.9 Å². The van der Waals surface area contributed by atoms with Crippen LogP contribution in [0.15, 0.2) is 0 Å². The van der Waals surface area contributed by atoms with E-state index in [0.29, 0.717) is 5.54 Å². The van der Waals surface area contributed by atoms with Crippen molar-refractivity contribution in [2.45, 2.75) is 64.0 Å². The lowest BCUT2D eigenvalue weighted by Gasteiger charge is -2.47. The fraction of sp³-hybridized carbons (Fsp3) is 0.923. The summed E-state index contributed by atoms with van der Waals surface area (Å²) in [6.07, 6.45) is 6.03. The van der Waals surface area contributed by atoms with Crippen molar-refractivity contribution in [3.05, 3.63) is 0 Å². The maximum absolute atomic E-state index is 11.9. The van der Waals surface area contributed by atoms with E-state index >= 15 is 0 Å². The summed E-state index contributed by atoms with van der Waals surface area (Å²) in [6.45, 7) is 6.58. The van der Waals surface area contributed by atoms with Crippen LogP contribution in [0, 0.1) is 5.92 Å². The van der Waals surface area contributed by atoms with Crippen LogP contribution in [-0.2, 0) is 9.53 Å². The third kappa shape index (κ3) is 2.57. The normalized spacial score (nSPS) is 28.6. The zero-order valence-electron chi connectivity index (χ0n) is 10.6. The molecule has 2 rings (SSSR count). The molecule has 0 radical (unpaired) electrons. The minimum absolute atomic E-state index is 0.0332. The zero-order valence-corrected chi connectivity index (χ0v) is 10.6. The van der Waals surface area contributed by atoms with Gasteiger partial charge in [-0.25, -0.2) is 0 Å². The van der Waals surface area contributed by atoms with Crippen molar-refractivity contribution in [2.24, 2.45) is 5.92 Å². The Labute approximate surface area is 97.9 Å². The van der Waals surface area contributed by atoms with Crippen molar-refractivity contribution in [1.82, 2.24) is 5.32 Å². The Morgan fingerprint density at radius 2 is 2.00 bits per heavy atom. The summed E-state index contributed by atoms with van der Waals surface area (Å²) >= 11 is 0. The number of ether oxygens (including phenoxy) is 1. The Morgan fingerprint density at radius 1 is 1.31 bits per heavy atom. The van der Waals surface area contributed by atoms with E-state index in [1.54, 1.807) is 0 Å². The molecule has 0 amide bonds. The summed E-state index contributed by atoms with van der Waals surface area (Å²) in [4.78, 5) is 11.9. The van der Waals surface area contributed by atoms with Crippen molar-refractivity contribution in [2.75, 3.05) is 6.54 Å². The third-order valence-corrected chi connectivity index (χ3v) is 3.75. The standard InChI is InChI=1S/C13H23NO2/c1-12(2,3)16-11(15)10-5-8-13(14-9-10)6-4-7-13/h10,14H,4-9H2,1-3H3.